The van der Waals surface area contributed by atoms with Crippen LogP contribution in [0.3, 0.4) is 0 Å². The number of hydrogen-bond acceptors (Lipinski definition) is 3. The lowest BCUT2D eigenvalue weighted by atomic mass is 9.94. The lowest BCUT2D eigenvalue weighted by Gasteiger charge is -2.24. The number of rotatable bonds is 2. The maximum Gasteiger partial charge on any atom is 0.271 e. The van der Waals surface area contributed by atoms with Gasteiger partial charge in [0.2, 0.25) is 5.91 Å². The molecule has 3 atom stereocenters. The minimum atomic E-state index is -0.521. The molecule has 0 spiro atoms. The van der Waals surface area contributed by atoms with Crippen LogP contribution in [-0.4, -0.2) is 34.3 Å². The van der Waals surface area contributed by atoms with Gasteiger partial charge in [-0.15, -0.1) is 0 Å². The molecule has 0 bridgehead atoms. The summed E-state index contributed by atoms with van der Waals surface area (Å²) < 4.78 is 0. The van der Waals surface area contributed by atoms with Gasteiger partial charge in [0, 0.05) is 17.4 Å². The Balaban J connectivity index is 1.71. The summed E-state index contributed by atoms with van der Waals surface area (Å²) in [5.41, 5.74) is 7.26. The molecule has 1 aromatic carbocycles. The maximum absolute atomic E-state index is 13.0. The highest BCUT2D eigenvalue weighted by molar-refractivity contribution is 6.01. The van der Waals surface area contributed by atoms with E-state index in [1.165, 1.54) is 0 Å². The van der Waals surface area contributed by atoms with E-state index in [4.69, 9.17) is 5.73 Å². The zero-order chi connectivity index (χ0) is 16.8. The van der Waals surface area contributed by atoms with Gasteiger partial charge in [-0.2, -0.15) is 5.26 Å². The highest BCUT2D eigenvalue weighted by Crippen LogP contribution is 2.42. The molecule has 1 saturated heterocycles. The molecule has 3 unspecified atom stereocenters. The van der Waals surface area contributed by atoms with Crippen molar-refractivity contribution in [2.45, 2.75) is 25.3 Å². The molecule has 2 fully saturated rings. The number of nitrogens with zero attached hydrogens (tertiary/aromatic N) is 2. The first kappa shape index (κ1) is 14.8. The number of fused-ring (bicyclic) bond motifs is 2. The Hall–Kier alpha value is -2.81. The predicted molar refractivity (Wildman–Crippen MR) is 87.9 cm³/mol. The summed E-state index contributed by atoms with van der Waals surface area (Å²) in [5, 5.41) is 9.92. The molecule has 1 aliphatic heterocycles. The Morgan fingerprint density at radius 1 is 1.33 bits per heavy atom. The van der Waals surface area contributed by atoms with Crippen molar-refractivity contribution in [3.8, 4) is 6.07 Å². The number of nitrogens with one attached hydrogen (secondary N) is 1. The van der Waals surface area contributed by atoms with Crippen LogP contribution in [0, 0.1) is 23.2 Å². The fourth-order valence-electron chi connectivity index (χ4n) is 4.40. The highest BCUT2D eigenvalue weighted by Gasteiger charge is 2.48. The van der Waals surface area contributed by atoms with Crippen molar-refractivity contribution in [3.63, 3.8) is 0 Å². The molecular formula is C18H18N4O2. The number of likely N-dealkylation sites (tertiary alicyclic amines) is 1. The van der Waals surface area contributed by atoms with E-state index < -0.39 is 11.9 Å². The molecule has 3 N–H and O–H groups in total. The number of nitrogens with two attached hydrogens (primary N) is 1. The van der Waals surface area contributed by atoms with E-state index in [1.807, 2.05) is 6.07 Å². The minimum absolute atomic E-state index is 0.186. The van der Waals surface area contributed by atoms with E-state index in [-0.39, 0.29) is 11.8 Å². The summed E-state index contributed by atoms with van der Waals surface area (Å²) >= 11 is 0. The van der Waals surface area contributed by atoms with Gasteiger partial charge in [-0.25, -0.2) is 0 Å². The van der Waals surface area contributed by atoms with Gasteiger partial charge in [-0.05, 0) is 42.9 Å². The molecule has 4 rings (SSSR count). The third-order valence-electron chi connectivity index (χ3n) is 5.46. The van der Waals surface area contributed by atoms with Crippen LogP contribution in [0.15, 0.2) is 24.3 Å². The van der Waals surface area contributed by atoms with Gasteiger partial charge >= 0.3 is 0 Å². The number of carbonyl (C=O) groups is 2. The zero-order valence-corrected chi connectivity index (χ0v) is 13.2. The Kier molecular flexibility index (Phi) is 3.31. The topological polar surface area (TPSA) is 103 Å². The summed E-state index contributed by atoms with van der Waals surface area (Å²) in [6.07, 6.45) is 3.09. The lowest BCUT2D eigenvalue weighted by molar-refractivity contribution is -0.122. The normalized spacial score (nSPS) is 25.6. The third kappa shape index (κ3) is 2.08. The fourth-order valence-corrected chi connectivity index (χ4v) is 4.40. The highest BCUT2D eigenvalue weighted by atomic mass is 16.2. The first-order valence-electron chi connectivity index (χ1n) is 8.22. The zero-order valence-electron chi connectivity index (χ0n) is 13.2. The van der Waals surface area contributed by atoms with Crippen LogP contribution < -0.4 is 5.73 Å². The first-order chi connectivity index (χ1) is 11.6. The number of hydrogen-bond donors (Lipinski definition) is 2. The number of nitriles is 1. The Bertz CT molecular complexity index is 879. The summed E-state index contributed by atoms with van der Waals surface area (Å²) in [5.74, 6) is -0.0872. The number of primary amides is 1. The summed E-state index contributed by atoms with van der Waals surface area (Å²) in [6.45, 7) is 0.581. The van der Waals surface area contributed by atoms with E-state index >= 15 is 0 Å². The van der Waals surface area contributed by atoms with Gasteiger partial charge in [0.05, 0.1) is 11.6 Å². The van der Waals surface area contributed by atoms with Crippen LogP contribution in [0.4, 0.5) is 0 Å². The maximum atomic E-state index is 13.0. The van der Waals surface area contributed by atoms with E-state index in [0.717, 1.165) is 30.2 Å². The third-order valence-corrected chi connectivity index (χ3v) is 5.46. The molecule has 2 heterocycles. The molecule has 6 heteroatoms. The number of H-pyrrole nitrogens is 1. The quantitative estimate of drug-likeness (QED) is 0.880. The van der Waals surface area contributed by atoms with Crippen molar-refractivity contribution >= 4 is 22.7 Å². The van der Waals surface area contributed by atoms with Gasteiger partial charge in [-0.1, -0.05) is 12.5 Å². The second-order valence-corrected chi connectivity index (χ2v) is 6.72. The Morgan fingerprint density at radius 3 is 2.92 bits per heavy atom. The molecule has 122 valence electrons. The van der Waals surface area contributed by atoms with Crippen LogP contribution in [-0.2, 0) is 4.79 Å². The van der Waals surface area contributed by atoms with Crippen molar-refractivity contribution in [3.05, 3.63) is 35.5 Å². The standard InChI is InChI=1S/C18H18N4O2/c19-8-10-3-2-6-14-13(10)7-15(21-14)18(24)22-9-11-4-1-5-12(11)16(22)17(20)23/h2-3,6-7,11-12,16,21H,1,4-5,9H2,(H2,20,23). The van der Waals surface area contributed by atoms with Crippen LogP contribution in [0.2, 0.25) is 0 Å². The average molecular weight is 322 g/mol. The van der Waals surface area contributed by atoms with Gasteiger partial charge in [-0.3, -0.25) is 9.59 Å². The summed E-state index contributed by atoms with van der Waals surface area (Å²) in [4.78, 5) is 29.6. The number of amides is 2. The molecule has 24 heavy (non-hydrogen) atoms. The van der Waals surface area contributed by atoms with Crippen LogP contribution in [0.25, 0.3) is 10.9 Å². The van der Waals surface area contributed by atoms with Gasteiger partial charge < -0.3 is 15.6 Å². The molecule has 6 nitrogen and oxygen atoms in total. The SMILES string of the molecule is N#Cc1cccc2[nH]c(C(=O)N3CC4CCCC4C3C(N)=O)cc12. The number of benzene rings is 1. The Labute approximate surface area is 139 Å². The Morgan fingerprint density at radius 2 is 2.17 bits per heavy atom. The first-order valence-corrected chi connectivity index (χ1v) is 8.22. The largest absolute Gasteiger partial charge is 0.368 e. The molecule has 2 aliphatic rings. The minimum Gasteiger partial charge on any atom is -0.368 e. The van der Waals surface area contributed by atoms with Crippen molar-refractivity contribution in [2.24, 2.45) is 17.6 Å². The van der Waals surface area contributed by atoms with Crippen molar-refractivity contribution < 1.29 is 9.59 Å². The second-order valence-electron chi connectivity index (χ2n) is 6.72. The van der Waals surface area contributed by atoms with E-state index in [1.54, 1.807) is 23.1 Å². The summed E-state index contributed by atoms with van der Waals surface area (Å²) in [6, 6.07) is 8.63. The van der Waals surface area contributed by atoms with Gasteiger partial charge in [0.1, 0.15) is 11.7 Å². The molecule has 2 amide bonds. The molecule has 1 aromatic heterocycles. The second kappa shape index (κ2) is 5.38. The molecular weight excluding hydrogens is 304 g/mol. The van der Waals surface area contributed by atoms with Crippen LogP contribution in [0.1, 0.15) is 35.3 Å². The smallest absolute Gasteiger partial charge is 0.271 e. The number of aromatic nitrogens is 1. The fraction of sp³-hybridized carbons (Fsp3) is 0.389. The summed E-state index contributed by atoms with van der Waals surface area (Å²) in [7, 11) is 0. The van der Waals surface area contributed by atoms with E-state index in [9.17, 15) is 14.9 Å². The van der Waals surface area contributed by atoms with Gasteiger partial charge in [0.25, 0.3) is 5.91 Å². The van der Waals surface area contributed by atoms with Crippen molar-refractivity contribution in [2.75, 3.05) is 6.54 Å². The van der Waals surface area contributed by atoms with Crippen LogP contribution in [0.5, 0.6) is 0 Å². The molecule has 2 aromatic rings. The van der Waals surface area contributed by atoms with Gasteiger partial charge in [0.15, 0.2) is 0 Å². The van der Waals surface area contributed by atoms with Crippen molar-refractivity contribution in [1.82, 2.24) is 9.88 Å². The lowest BCUT2D eigenvalue weighted by Crippen LogP contribution is -2.46. The van der Waals surface area contributed by atoms with E-state index in [0.29, 0.717) is 23.7 Å². The predicted octanol–water partition coefficient (Wildman–Crippen LogP) is 1.77. The monoisotopic (exact) mass is 322 g/mol. The van der Waals surface area contributed by atoms with Crippen molar-refractivity contribution in [1.29, 1.82) is 5.26 Å². The number of carbonyl (C=O) groups excluding carboxylic acids is 2. The number of aromatic amines is 1. The molecule has 1 aliphatic carbocycles. The molecule has 1 saturated carbocycles. The molecule has 0 radical (unpaired) electrons. The van der Waals surface area contributed by atoms with E-state index in [2.05, 4.69) is 11.1 Å². The average Bonchev–Trinajstić information content (AvgIpc) is 3.25. The van der Waals surface area contributed by atoms with Crippen LogP contribution >= 0.6 is 0 Å².